The minimum Gasteiger partial charge on any atom is -0.489 e. The van der Waals surface area contributed by atoms with Crippen molar-refractivity contribution in [2.45, 2.75) is 70.0 Å². The third-order valence-electron chi connectivity index (χ3n) is 7.26. The number of benzene rings is 1. The van der Waals surface area contributed by atoms with Crippen LogP contribution in [0.25, 0.3) is 0 Å². The minimum atomic E-state index is -1.96. The number of piperidine rings is 1. The summed E-state index contributed by atoms with van der Waals surface area (Å²) in [7, 11) is -0.325. The molecular weight excluding hydrogens is 428 g/mol. The number of rotatable bonds is 5. The maximum atomic E-state index is 12.7. The van der Waals surface area contributed by atoms with E-state index in [2.05, 4.69) is 33.9 Å². The zero-order valence-corrected chi connectivity index (χ0v) is 20.8. The van der Waals surface area contributed by atoms with E-state index in [1.54, 1.807) is 16.9 Å². The number of ether oxygens (including phenoxy) is 3. The third kappa shape index (κ3) is 4.13. The van der Waals surface area contributed by atoms with E-state index in [0.717, 1.165) is 12.1 Å². The molecule has 1 aromatic carbocycles. The van der Waals surface area contributed by atoms with Crippen LogP contribution in [0.1, 0.15) is 33.6 Å². The highest BCUT2D eigenvalue weighted by atomic mass is 28.4. The van der Waals surface area contributed by atoms with Crippen molar-refractivity contribution in [3.05, 3.63) is 18.2 Å². The molecule has 4 rings (SSSR count). The molecule has 3 heterocycles. The second-order valence-corrected chi connectivity index (χ2v) is 15.1. The summed E-state index contributed by atoms with van der Waals surface area (Å²) in [6.07, 6.45) is 0.368. The molecule has 0 saturated carbocycles. The van der Waals surface area contributed by atoms with E-state index >= 15 is 0 Å². The van der Waals surface area contributed by atoms with Gasteiger partial charge in [-0.1, -0.05) is 20.8 Å². The lowest BCUT2D eigenvalue weighted by molar-refractivity contribution is -0.122. The van der Waals surface area contributed by atoms with Gasteiger partial charge < -0.3 is 23.5 Å². The van der Waals surface area contributed by atoms with Crippen LogP contribution >= 0.6 is 0 Å². The second kappa shape index (κ2) is 8.35. The summed E-state index contributed by atoms with van der Waals surface area (Å²) in [4.78, 5) is 28.7. The number of methoxy groups -OCH3 is 1. The molecule has 3 aliphatic rings. The molecular formula is C23H34N2O6Si. The van der Waals surface area contributed by atoms with Gasteiger partial charge in [0.05, 0.1) is 24.8 Å². The molecule has 1 aromatic rings. The van der Waals surface area contributed by atoms with Crippen molar-refractivity contribution in [1.29, 1.82) is 0 Å². The lowest BCUT2D eigenvalue weighted by Gasteiger charge is -2.37. The van der Waals surface area contributed by atoms with Crippen molar-refractivity contribution in [2.24, 2.45) is 0 Å². The lowest BCUT2D eigenvalue weighted by atomic mass is 10.0. The van der Waals surface area contributed by atoms with E-state index in [-0.39, 0.29) is 35.3 Å². The molecule has 176 valence electrons. The fraction of sp³-hybridized carbons (Fsp3) is 0.652. The highest BCUT2D eigenvalue weighted by molar-refractivity contribution is 6.74. The van der Waals surface area contributed by atoms with Gasteiger partial charge in [0.25, 0.3) is 0 Å². The standard InChI is InChI=1S/C23H34N2O6Si/c1-23(2,3)32(5,6)30-14-20-18-13-29-19-11-15(7-8-17(19)25(18)22(27)31-20)24-10-9-16(28-4)12-21(24)26/h7-8,11,16,18,20H,9-10,12-14H2,1-6H3/t16-,18+,20+/m1/s1. The van der Waals surface area contributed by atoms with Gasteiger partial charge in [0.2, 0.25) is 5.91 Å². The van der Waals surface area contributed by atoms with Crippen LogP contribution in [-0.4, -0.2) is 65.4 Å². The monoisotopic (exact) mass is 462 g/mol. The average molecular weight is 463 g/mol. The molecule has 0 aromatic heterocycles. The summed E-state index contributed by atoms with van der Waals surface area (Å²) in [6, 6.07) is 5.31. The number of cyclic esters (lactones) is 1. The van der Waals surface area contributed by atoms with Crippen LogP contribution in [-0.2, 0) is 18.7 Å². The Balaban J connectivity index is 1.49. The largest absolute Gasteiger partial charge is 0.489 e. The molecule has 3 aliphatic heterocycles. The van der Waals surface area contributed by atoms with Crippen molar-refractivity contribution in [3.8, 4) is 5.75 Å². The van der Waals surface area contributed by atoms with Crippen molar-refractivity contribution >= 4 is 31.7 Å². The van der Waals surface area contributed by atoms with Crippen LogP contribution in [0.15, 0.2) is 18.2 Å². The van der Waals surface area contributed by atoms with Crippen LogP contribution in [0.3, 0.4) is 0 Å². The summed E-state index contributed by atoms with van der Waals surface area (Å²) in [5, 5.41) is 0.0799. The van der Waals surface area contributed by atoms with Gasteiger partial charge in [-0.3, -0.25) is 9.69 Å². The maximum Gasteiger partial charge on any atom is 0.415 e. The van der Waals surface area contributed by atoms with Gasteiger partial charge in [-0.15, -0.1) is 0 Å². The SMILES string of the molecule is CO[C@@H]1CCN(c2ccc3c(c2)OC[C@H]2[C@H](CO[Si](C)(C)C(C)(C)C)OC(=O)N32)C(=O)C1. The Morgan fingerprint density at radius 3 is 2.62 bits per heavy atom. The van der Waals surface area contributed by atoms with Crippen LogP contribution in [0.5, 0.6) is 5.75 Å². The molecule has 0 unspecified atom stereocenters. The van der Waals surface area contributed by atoms with Gasteiger partial charge in [-0.05, 0) is 36.7 Å². The first-order chi connectivity index (χ1) is 15.0. The number of amides is 2. The fourth-order valence-corrected chi connectivity index (χ4v) is 5.13. The Morgan fingerprint density at radius 2 is 1.97 bits per heavy atom. The topological polar surface area (TPSA) is 77.5 Å². The first kappa shape index (κ1) is 23.1. The molecule has 0 N–H and O–H groups in total. The predicted molar refractivity (Wildman–Crippen MR) is 124 cm³/mol. The van der Waals surface area contributed by atoms with Gasteiger partial charge in [-0.2, -0.15) is 0 Å². The molecule has 0 bridgehead atoms. The number of nitrogens with zero attached hydrogens (tertiary/aromatic N) is 2. The van der Waals surface area contributed by atoms with Gasteiger partial charge in [0.1, 0.15) is 24.5 Å². The summed E-state index contributed by atoms with van der Waals surface area (Å²) in [6.45, 7) is 12.2. The Hall–Kier alpha value is -2.10. The predicted octanol–water partition coefficient (Wildman–Crippen LogP) is 3.94. The van der Waals surface area contributed by atoms with Crippen molar-refractivity contribution in [1.82, 2.24) is 0 Å². The van der Waals surface area contributed by atoms with E-state index in [4.69, 9.17) is 18.6 Å². The summed E-state index contributed by atoms with van der Waals surface area (Å²) >= 11 is 0. The molecule has 0 spiro atoms. The van der Waals surface area contributed by atoms with Gasteiger partial charge in [0.15, 0.2) is 8.32 Å². The van der Waals surface area contributed by atoms with Gasteiger partial charge in [-0.25, -0.2) is 4.79 Å². The number of carbonyl (C=O) groups excluding carboxylic acids is 2. The van der Waals surface area contributed by atoms with E-state index in [9.17, 15) is 9.59 Å². The minimum absolute atomic E-state index is 0.0279. The molecule has 32 heavy (non-hydrogen) atoms. The summed E-state index contributed by atoms with van der Waals surface area (Å²) in [5.41, 5.74) is 1.44. The number of hydrogen-bond acceptors (Lipinski definition) is 6. The molecule has 2 fully saturated rings. The Kier molecular flexibility index (Phi) is 6.02. The summed E-state index contributed by atoms with van der Waals surface area (Å²) < 4.78 is 23.4. The van der Waals surface area contributed by atoms with Crippen molar-refractivity contribution in [3.63, 3.8) is 0 Å². The molecule has 2 saturated heterocycles. The quantitative estimate of drug-likeness (QED) is 0.617. The van der Waals surface area contributed by atoms with Crippen molar-refractivity contribution in [2.75, 3.05) is 36.7 Å². The smallest absolute Gasteiger partial charge is 0.415 e. The molecule has 0 radical (unpaired) electrons. The first-order valence-corrected chi connectivity index (χ1v) is 14.2. The van der Waals surface area contributed by atoms with Crippen LogP contribution in [0.2, 0.25) is 18.1 Å². The zero-order chi connectivity index (χ0) is 23.3. The maximum absolute atomic E-state index is 12.7. The Bertz CT molecular complexity index is 899. The van der Waals surface area contributed by atoms with E-state index in [0.29, 0.717) is 37.6 Å². The highest BCUT2D eigenvalue weighted by Crippen LogP contribution is 2.42. The molecule has 0 aliphatic carbocycles. The number of fused-ring (bicyclic) bond motifs is 3. The average Bonchev–Trinajstić information content (AvgIpc) is 3.07. The molecule has 8 nitrogen and oxygen atoms in total. The zero-order valence-electron chi connectivity index (χ0n) is 19.8. The van der Waals surface area contributed by atoms with Gasteiger partial charge in [0, 0.05) is 25.4 Å². The number of carbonyl (C=O) groups is 2. The van der Waals surface area contributed by atoms with Crippen molar-refractivity contribution < 1.29 is 28.2 Å². The normalized spacial score (nSPS) is 25.9. The molecule has 2 amide bonds. The number of anilines is 2. The van der Waals surface area contributed by atoms with E-state index < -0.39 is 8.32 Å². The third-order valence-corrected chi connectivity index (χ3v) is 11.8. The van der Waals surface area contributed by atoms with Crippen LogP contribution in [0, 0.1) is 0 Å². The van der Waals surface area contributed by atoms with E-state index in [1.165, 1.54) is 0 Å². The van der Waals surface area contributed by atoms with E-state index in [1.807, 2.05) is 18.2 Å². The highest BCUT2D eigenvalue weighted by Gasteiger charge is 2.48. The lowest BCUT2D eigenvalue weighted by Crippen LogP contribution is -2.48. The van der Waals surface area contributed by atoms with Gasteiger partial charge >= 0.3 is 6.09 Å². The summed E-state index contributed by atoms with van der Waals surface area (Å²) in [5.74, 6) is 0.614. The first-order valence-electron chi connectivity index (χ1n) is 11.3. The Labute approximate surface area is 190 Å². The number of hydrogen-bond donors (Lipinski definition) is 0. The van der Waals surface area contributed by atoms with Crippen LogP contribution < -0.4 is 14.5 Å². The Morgan fingerprint density at radius 1 is 1.22 bits per heavy atom. The van der Waals surface area contributed by atoms with Crippen LogP contribution in [0.4, 0.5) is 16.2 Å². The molecule has 3 atom stereocenters. The fourth-order valence-electron chi connectivity index (χ4n) is 4.12. The molecule has 9 heteroatoms. The second-order valence-electron chi connectivity index (χ2n) is 10.3.